The van der Waals surface area contributed by atoms with E-state index in [1.807, 2.05) is 18.2 Å². The van der Waals surface area contributed by atoms with Crippen LogP contribution < -0.4 is 14.8 Å². The average Bonchev–Trinajstić information content (AvgIpc) is 2.73. The van der Waals surface area contributed by atoms with E-state index in [0.717, 1.165) is 30.1 Å². The van der Waals surface area contributed by atoms with Gasteiger partial charge in [0.2, 0.25) is 0 Å². The molecule has 2 aromatic carbocycles. The number of rotatable bonds is 7. The maximum Gasteiger partial charge on any atom is 0.180 e. The summed E-state index contributed by atoms with van der Waals surface area (Å²) in [4.78, 5) is 2.55. The van der Waals surface area contributed by atoms with Gasteiger partial charge in [0.25, 0.3) is 0 Å². The maximum atomic E-state index is 6.53. The number of nitrogens with zero attached hydrogens (tertiary/aromatic N) is 1. The first kappa shape index (κ1) is 21.1. The molecular formula is C22H25Cl3N2O2. The van der Waals surface area contributed by atoms with Gasteiger partial charge < -0.3 is 19.7 Å². The van der Waals surface area contributed by atoms with Crippen LogP contribution in [-0.4, -0.2) is 37.7 Å². The number of hydrogen-bond acceptors (Lipinski definition) is 4. The van der Waals surface area contributed by atoms with Gasteiger partial charge in [0.1, 0.15) is 6.61 Å². The van der Waals surface area contributed by atoms with Crippen LogP contribution in [0.1, 0.15) is 24.0 Å². The van der Waals surface area contributed by atoms with Crippen molar-refractivity contribution < 1.29 is 9.47 Å². The molecule has 4 nitrogen and oxygen atoms in total. The van der Waals surface area contributed by atoms with Gasteiger partial charge in [-0.05, 0) is 61.7 Å². The molecule has 2 bridgehead atoms. The van der Waals surface area contributed by atoms with Crippen LogP contribution in [-0.2, 0) is 13.2 Å². The minimum Gasteiger partial charge on any atom is -0.493 e. The standard InChI is InChI=1S/C22H25Cl3N2O2/c1-28-21-9-14(11-26-20-12-27-6-4-15(20)5-7-27)8-19(25)22(21)29-13-16-2-3-17(23)10-18(16)24/h2-3,8-10,15,20,26H,4-7,11-13H2,1H3. The second-order valence-electron chi connectivity index (χ2n) is 7.76. The Hall–Kier alpha value is -1.17. The van der Waals surface area contributed by atoms with Gasteiger partial charge >= 0.3 is 0 Å². The van der Waals surface area contributed by atoms with E-state index in [1.54, 1.807) is 19.2 Å². The Labute approximate surface area is 187 Å². The van der Waals surface area contributed by atoms with Crippen LogP contribution in [0.15, 0.2) is 30.3 Å². The number of hydrogen-bond donors (Lipinski definition) is 1. The van der Waals surface area contributed by atoms with Crippen molar-refractivity contribution >= 4 is 34.8 Å². The van der Waals surface area contributed by atoms with Crippen LogP contribution in [0.3, 0.4) is 0 Å². The lowest BCUT2D eigenvalue weighted by molar-refractivity contribution is 0.0720. The predicted molar refractivity (Wildman–Crippen MR) is 119 cm³/mol. The molecule has 0 aromatic heterocycles. The summed E-state index contributed by atoms with van der Waals surface area (Å²) in [5.41, 5.74) is 1.92. The number of nitrogens with one attached hydrogen (secondary N) is 1. The van der Waals surface area contributed by atoms with Gasteiger partial charge in [-0.3, -0.25) is 0 Å². The van der Waals surface area contributed by atoms with Gasteiger partial charge in [0.05, 0.1) is 12.1 Å². The van der Waals surface area contributed by atoms with Crippen molar-refractivity contribution in [2.75, 3.05) is 26.7 Å². The summed E-state index contributed by atoms with van der Waals surface area (Å²) in [6.07, 6.45) is 2.59. The molecule has 0 amide bonds. The van der Waals surface area contributed by atoms with E-state index in [4.69, 9.17) is 44.3 Å². The van der Waals surface area contributed by atoms with Gasteiger partial charge in [-0.25, -0.2) is 0 Å². The van der Waals surface area contributed by atoms with Crippen molar-refractivity contribution in [3.05, 3.63) is 56.5 Å². The van der Waals surface area contributed by atoms with Crippen LogP contribution >= 0.6 is 34.8 Å². The zero-order valence-corrected chi connectivity index (χ0v) is 18.7. The van der Waals surface area contributed by atoms with Gasteiger partial charge in [-0.2, -0.15) is 0 Å². The van der Waals surface area contributed by atoms with E-state index in [1.165, 1.54) is 25.9 Å². The van der Waals surface area contributed by atoms with Crippen molar-refractivity contribution in [1.82, 2.24) is 10.2 Å². The highest BCUT2D eigenvalue weighted by atomic mass is 35.5. The fraction of sp³-hybridized carbons (Fsp3) is 0.455. The topological polar surface area (TPSA) is 33.7 Å². The monoisotopic (exact) mass is 454 g/mol. The van der Waals surface area contributed by atoms with E-state index < -0.39 is 0 Å². The van der Waals surface area contributed by atoms with E-state index >= 15 is 0 Å². The Morgan fingerprint density at radius 1 is 1.07 bits per heavy atom. The fourth-order valence-electron chi connectivity index (χ4n) is 4.25. The maximum absolute atomic E-state index is 6.53. The number of halogens is 3. The Bertz CT molecular complexity index is 869. The lowest BCUT2D eigenvalue weighted by Crippen LogP contribution is -2.55. The van der Waals surface area contributed by atoms with Crippen LogP contribution in [0.25, 0.3) is 0 Å². The molecule has 1 atom stereocenters. The molecule has 1 unspecified atom stereocenters. The van der Waals surface area contributed by atoms with Crippen molar-refractivity contribution in [2.24, 2.45) is 5.92 Å². The SMILES string of the molecule is COc1cc(CNC2CN3CCC2CC3)cc(Cl)c1OCc1ccc(Cl)cc1Cl. The molecule has 1 N–H and O–H groups in total. The number of piperidine rings is 3. The van der Waals surface area contributed by atoms with Crippen LogP contribution in [0.4, 0.5) is 0 Å². The lowest BCUT2D eigenvalue weighted by Gasteiger charge is -2.45. The summed E-state index contributed by atoms with van der Waals surface area (Å²) in [7, 11) is 1.62. The van der Waals surface area contributed by atoms with Crippen molar-refractivity contribution in [3.8, 4) is 11.5 Å². The molecule has 156 valence electrons. The summed E-state index contributed by atoms with van der Waals surface area (Å²) in [5.74, 6) is 1.92. The van der Waals surface area contributed by atoms with E-state index in [9.17, 15) is 0 Å². The largest absolute Gasteiger partial charge is 0.493 e. The first-order valence-electron chi connectivity index (χ1n) is 9.92. The second kappa shape index (κ2) is 9.32. The normalized spacial score (nSPS) is 23.2. The van der Waals surface area contributed by atoms with Gasteiger partial charge in [-0.15, -0.1) is 0 Å². The summed E-state index contributed by atoms with van der Waals surface area (Å²) >= 11 is 18.7. The van der Waals surface area contributed by atoms with Crippen LogP contribution in [0.5, 0.6) is 11.5 Å². The summed E-state index contributed by atoms with van der Waals surface area (Å²) < 4.78 is 11.5. The smallest absolute Gasteiger partial charge is 0.180 e. The highest BCUT2D eigenvalue weighted by Gasteiger charge is 2.33. The third-order valence-corrected chi connectivity index (χ3v) is 6.77. The van der Waals surface area contributed by atoms with Gasteiger partial charge in [0, 0.05) is 34.7 Å². The predicted octanol–water partition coefficient (Wildman–Crippen LogP) is 5.42. The molecule has 7 heteroatoms. The van der Waals surface area contributed by atoms with E-state index in [-0.39, 0.29) is 6.61 Å². The zero-order valence-electron chi connectivity index (χ0n) is 16.4. The van der Waals surface area contributed by atoms with Crippen molar-refractivity contribution in [2.45, 2.75) is 32.0 Å². The van der Waals surface area contributed by atoms with E-state index in [2.05, 4.69) is 10.2 Å². The summed E-state index contributed by atoms with van der Waals surface area (Å²) in [6, 6.07) is 9.80. The molecule has 3 aliphatic heterocycles. The molecule has 0 radical (unpaired) electrons. The third kappa shape index (κ3) is 4.95. The molecule has 0 saturated carbocycles. The molecule has 0 aliphatic carbocycles. The molecule has 3 aliphatic rings. The number of methoxy groups -OCH3 is 1. The average molecular weight is 456 g/mol. The Kier molecular flexibility index (Phi) is 6.77. The van der Waals surface area contributed by atoms with E-state index in [0.29, 0.717) is 32.6 Å². The quantitative estimate of drug-likeness (QED) is 0.604. The minimum absolute atomic E-state index is 0.281. The third-order valence-electron chi connectivity index (χ3n) is 5.90. The highest BCUT2D eigenvalue weighted by molar-refractivity contribution is 6.35. The molecular weight excluding hydrogens is 431 g/mol. The van der Waals surface area contributed by atoms with Crippen LogP contribution in [0, 0.1) is 5.92 Å². The minimum atomic E-state index is 0.281. The Morgan fingerprint density at radius 2 is 1.86 bits per heavy atom. The Morgan fingerprint density at radius 3 is 2.52 bits per heavy atom. The molecule has 5 rings (SSSR count). The van der Waals surface area contributed by atoms with Gasteiger partial charge in [0.15, 0.2) is 11.5 Å². The summed E-state index contributed by atoms with van der Waals surface area (Å²) in [5, 5.41) is 5.39. The molecule has 2 aromatic rings. The fourth-order valence-corrected chi connectivity index (χ4v) is 5.00. The zero-order chi connectivity index (χ0) is 20.4. The van der Waals surface area contributed by atoms with Gasteiger partial charge in [-0.1, -0.05) is 40.9 Å². The number of fused-ring (bicyclic) bond motifs is 3. The summed E-state index contributed by atoms with van der Waals surface area (Å²) in [6.45, 7) is 4.66. The first-order chi connectivity index (χ1) is 14.0. The first-order valence-corrected chi connectivity index (χ1v) is 11.1. The number of benzene rings is 2. The second-order valence-corrected chi connectivity index (χ2v) is 9.01. The highest BCUT2D eigenvalue weighted by Crippen LogP contribution is 2.37. The molecule has 3 saturated heterocycles. The molecule has 3 fully saturated rings. The molecule has 29 heavy (non-hydrogen) atoms. The van der Waals surface area contributed by atoms with Crippen LogP contribution in [0.2, 0.25) is 15.1 Å². The molecule has 0 spiro atoms. The van der Waals surface area contributed by atoms with Crippen molar-refractivity contribution in [3.63, 3.8) is 0 Å². The Balaban J connectivity index is 1.42. The number of ether oxygens (including phenoxy) is 2. The van der Waals surface area contributed by atoms with Crippen molar-refractivity contribution in [1.29, 1.82) is 0 Å². The lowest BCUT2D eigenvalue weighted by atomic mass is 9.84. The molecule has 3 heterocycles.